The van der Waals surface area contributed by atoms with E-state index in [4.69, 9.17) is 36.9 Å². The van der Waals surface area contributed by atoms with Gasteiger partial charge >= 0.3 is 16.5 Å². The van der Waals surface area contributed by atoms with Gasteiger partial charge in [0.05, 0.1) is 22.3 Å². The number of carbonyl (C=O) groups excluding carboxylic acids is 1. The Balaban J connectivity index is 1.43. The molecule has 172 valence electrons. The van der Waals surface area contributed by atoms with Crippen LogP contribution < -0.4 is 14.2 Å². The van der Waals surface area contributed by atoms with Crippen molar-refractivity contribution in [2.75, 3.05) is 11.9 Å². The van der Waals surface area contributed by atoms with E-state index < -0.39 is 22.1 Å². The average molecular weight is 503 g/mol. The summed E-state index contributed by atoms with van der Waals surface area (Å²) in [6.45, 7) is 3.94. The number of halogens is 2. The first-order valence-corrected chi connectivity index (χ1v) is 11.5. The minimum atomic E-state index is -4.40. The zero-order chi connectivity index (χ0) is 23.4. The molecule has 12 heteroatoms. The van der Waals surface area contributed by atoms with Crippen LogP contribution in [0.15, 0.2) is 41.6 Å². The van der Waals surface area contributed by atoms with Crippen molar-refractivity contribution in [3.63, 3.8) is 0 Å². The lowest BCUT2D eigenvalue weighted by atomic mass is 9.94. The van der Waals surface area contributed by atoms with Crippen LogP contribution in [0.5, 0.6) is 11.5 Å². The van der Waals surface area contributed by atoms with Gasteiger partial charge in [-0.05, 0) is 57.0 Å². The third kappa shape index (κ3) is 6.41. The van der Waals surface area contributed by atoms with Crippen LogP contribution in [0.25, 0.3) is 0 Å². The van der Waals surface area contributed by atoms with Crippen molar-refractivity contribution in [3.8, 4) is 11.5 Å². The molecule has 1 N–H and O–H groups in total. The molecule has 0 unspecified atom stereocenters. The van der Waals surface area contributed by atoms with Gasteiger partial charge in [-0.25, -0.2) is 9.08 Å². The number of fused-ring (bicyclic) bond motifs is 1. The number of anilines is 1. The standard InChI is InChI=1S/C20H20Cl2N2O7S/c1-20(2)15-11-13(6-8-18(15)24-19(25)29-20)28-10-4-3-9-23-31-32(26,27)30-14-5-7-16(21)17(22)12-14/h5-9,11-12H,3-4,10H2,1-2H3,(H,24,25). The third-order valence-electron chi connectivity index (χ3n) is 4.27. The summed E-state index contributed by atoms with van der Waals surface area (Å²) in [7, 11) is -4.40. The molecule has 1 aliphatic rings. The van der Waals surface area contributed by atoms with E-state index in [-0.39, 0.29) is 15.8 Å². The van der Waals surface area contributed by atoms with Crippen molar-refractivity contribution in [1.82, 2.24) is 0 Å². The lowest BCUT2D eigenvalue weighted by Crippen LogP contribution is -2.34. The Labute approximate surface area is 195 Å². The molecule has 9 nitrogen and oxygen atoms in total. The average Bonchev–Trinajstić information content (AvgIpc) is 2.69. The first-order valence-electron chi connectivity index (χ1n) is 9.43. The number of carbonyl (C=O) groups is 1. The fourth-order valence-electron chi connectivity index (χ4n) is 2.80. The number of amides is 1. The molecule has 1 amide bonds. The molecule has 2 aromatic carbocycles. The summed E-state index contributed by atoms with van der Waals surface area (Å²) in [6.07, 6.45) is 1.74. The van der Waals surface area contributed by atoms with Crippen molar-refractivity contribution in [2.24, 2.45) is 5.16 Å². The van der Waals surface area contributed by atoms with Crippen LogP contribution in [-0.2, 0) is 25.0 Å². The number of benzene rings is 2. The molecule has 0 aliphatic carbocycles. The predicted molar refractivity (Wildman–Crippen MR) is 120 cm³/mol. The molecule has 0 saturated heterocycles. The molecule has 0 fully saturated rings. The molecule has 0 atom stereocenters. The van der Waals surface area contributed by atoms with E-state index >= 15 is 0 Å². The summed E-state index contributed by atoms with van der Waals surface area (Å²) in [5, 5.41) is 6.45. The first-order chi connectivity index (χ1) is 15.1. The number of ether oxygens (including phenoxy) is 2. The Kier molecular flexibility index (Phi) is 7.37. The number of hydrogen-bond donors (Lipinski definition) is 1. The maximum atomic E-state index is 11.8. The Morgan fingerprint density at radius 3 is 2.62 bits per heavy atom. The van der Waals surface area contributed by atoms with Crippen molar-refractivity contribution < 1.29 is 31.2 Å². The maximum absolute atomic E-state index is 11.8. The van der Waals surface area contributed by atoms with Gasteiger partial charge < -0.3 is 13.7 Å². The van der Waals surface area contributed by atoms with Crippen LogP contribution in [0.3, 0.4) is 0 Å². The highest BCUT2D eigenvalue weighted by molar-refractivity contribution is 7.82. The van der Waals surface area contributed by atoms with Gasteiger partial charge in [-0.1, -0.05) is 28.4 Å². The predicted octanol–water partition coefficient (Wildman–Crippen LogP) is 5.28. The number of nitrogens with zero attached hydrogens (tertiary/aromatic N) is 1. The molecule has 1 heterocycles. The van der Waals surface area contributed by atoms with Gasteiger partial charge in [-0.2, -0.15) is 0 Å². The maximum Gasteiger partial charge on any atom is 0.521 e. The summed E-state index contributed by atoms with van der Waals surface area (Å²) in [6, 6.07) is 9.26. The van der Waals surface area contributed by atoms with Crippen molar-refractivity contribution >= 4 is 51.6 Å². The number of nitrogens with one attached hydrogen (secondary N) is 1. The largest absolute Gasteiger partial charge is 0.521 e. The number of oxime groups is 1. The molecule has 3 rings (SSSR count). The smallest absolute Gasteiger partial charge is 0.494 e. The normalized spacial score (nSPS) is 14.9. The number of rotatable bonds is 9. The minimum absolute atomic E-state index is 0.0545. The van der Waals surface area contributed by atoms with E-state index in [0.717, 1.165) is 5.56 Å². The van der Waals surface area contributed by atoms with Crippen LogP contribution in [0.2, 0.25) is 10.0 Å². The van der Waals surface area contributed by atoms with E-state index in [1.807, 2.05) is 0 Å². The van der Waals surface area contributed by atoms with Crippen molar-refractivity contribution in [2.45, 2.75) is 32.3 Å². The van der Waals surface area contributed by atoms with Gasteiger partial charge in [0.25, 0.3) is 0 Å². The van der Waals surface area contributed by atoms with Gasteiger partial charge in [0.2, 0.25) is 0 Å². The molecule has 0 saturated carbocycles. The first kappa shape index (κ1) is 24.0. The lowest BCUT2D eigenvalue weighted by Gasteiger charge is -2.32. The molecular formula is C20H20Cl2N2O7S. The SMILES string of the molecule is CC1(C)OC(=O)Nc2ccc(OCCCC=NOS(=O)(=O)Oc3ccc(Cl)c(Cl)c3)cc21. The Hall–Kier alpha value is -2.69. The van der Waals surface area contributed by atoms with Crippen LogP contribution >= 0.6 is 23.2 Å². The van der Waals surface area contributed by atoms with Gasteiger partial charge in [-0.3, -0.25) is 5.32 Å². The highest BCUT2D eigenvalue weighted by Crippen LogP contribution is 2.37. The van der Waals surface area contributed by atoms with Crippen LogP contribution in [0.4, 0.5) is 10.5 Å². The third-order valence-corrected chi connectivity index (χ3v) is 5.67. The highest BCUT2D eigenvalue weighted by atomic mass is 35.5. The second-order valence-electron chi connectivity index (χ2n) is 7.15. The van der Waals surface area contributed by atoms with Crippen molar-refractivity contribution in [1.29, 1.82) is 0 Å². The quantitative estimate of drug-likeness (QED) is 0.282. The zero-order valence-corrected chi connectivity index (χ0v) is 19.5. The molecule has 0 spiro atoms. The van der Waals surface area contributed by atoms with Gasteiger partial charge in [0.15, 0.2) is 0 Å². The number of cyclic esters (lactones) is 1. The molecule has 0 radical (unpaired) electrons. The fraction of sp³-hybridized carbons (Fsp3) is 0.300. The van der Waals surface area contributed by atoms with E-state index in [1.54, 1.807) is 32.0 Å². The summed E-state index contributed by atoms with van der Waals surface area (Å²) < 4.78 is 43.7. The molecule has 1 aliphatic heterocycles. The Morgan fingerprint density at radius 1 is 1.12 bits per heavy atom. The Morgan fingerprint density at radius 2 is 1.88 bits per heavy atom. The zero-order valence-electron chi connectivity index (χ0n) is 17.1. The van der Waals surface area contributed by atoms with Crippen molar-refractivity contribution in [3.05, 3.63) is 52.0 Å². The summed E-state index contributed by atoms with van der Waals surface area (Å²) >= 11 is 11.6. The highest BCUT2D eigenvalue weighted by Gasteiger charge is 2.33. The van der Waals surface area contributed by atoms with E-state index in [1.165, 1.54) is 24.4 Å². The summed E-state index contributed by atoms with van der Waals surface area (Å²) in [4.78, 5) is 11.6. The van der Waals surface area contributed by atoms with E-state index in [0.29, 0.717) is 30.9 Å². The molecular weight excluding hydrogens is 483 g/mol. The van der Waals surface area contributed by atoms with Gasteiger partial charge in [0.1, 0.15) is 17.1 Å². The monoisotopic (exact) mass is 502 g/mol. The second-order valence-corrected chi connectivity index (χ2v) is 9.10. The van der Waals surface area contributed by atoms with Gasteiger partial charge in [-0.15, -0.1) is 8.42 Å². The lowest BCUT2D eigenvalue weighted by molar-refractivity contribution is 0.0418. The molecule has 0 aromatic heterocycles. The Bertz CT molecular complexity index is 1140. The summed E-state index contributed by atoms with van der Waals surface area (Å²) in [5.41, 5.74) is 0.704. The van der Waals surface area contributed by atoms with Crippen LogP contribution in [0.1, 0.15) is 32.3 Å². The topological polar surface area (TPSA) is 113 Å². The molecule has 32 heavy (non-hydrogen) atoms. The number of hydrogen-bond acceptors (Lipinski definition) is 8. The fourth-order valence-corrected chi connectivity index (χ4v) is 3.63. The minimum Gasteiger partial charge on any atom is -0.494 e. The van der Waals surface area contributed by atoms with E-state index in [9.17, 15) is 13.2 Å². The number of unbranched alkanes of at least 4 members (excludes halogenated alkanes) is 1. The molecule has 0 bridgehead atoms. The van der Waals surface area contributed by atoms with E-state index in [2.05, 4.69) is 14.8 Å². The molecule has 2 aromatic rings. The second kappa shape index (κ2) is 9.85. The van der Waals surface area contributed by atoms with Gasteiger partial charge in [0, 0.05) is 17.8 Å². The summed E-state index contributed by atoms with van der Waals surface area (Å²) in [5.74, 6) is 0.559. The van der Waals surface area contributed by atoms with Crippen LogP contribution in [-0.4, -0.2) is 27.3 Å². The van der Waals surface area contributed by atoms with Crippen LogP contribution in [0, 0.1) is 0 Å².